The minimum Gasteiger partial charge on any atom is -0.493 e. The molecule has 1 heterocycles. The summed E-state index contributed by atoms with van der Waals surface area (Å²) in [5, 5.41) is 0.497. The van der Waals surface area contributed by atoms with E-state index < -0.39 is 0 Å². The van der Waals surface area contributed by atoms with Crippen LogP contribution in [0.4, 0.5) is 5.69 Å². The molecule has 0 aliphatic carbocycles. The highest BCUT2D eigenvalue weighted by Gasteiger charge is 2.33. The van der Waals surface area contributed by atoms with Crippen LogP contribution in [0.3, 0.4) is 0 Å². The van der Waals surface area contributed by atoms with Crippen molar-refractivity contribution in [2.75, 3.05) is 18.6 Å². The summed E-state index contributed by atoms with van der Waals surface area (Å²) in [4.78, 5) is 14.9. The van der Waals surface area contributed by atoms with Gasteiger partial charge in [0.25, 0.3) is 5.91 Å². The lowest BCUT2D eigenvalue weighted by molar-refractivity contribution is -0.113. The van der Waals surface area contributed by atoms with Gasteiger partial charge in [-0.05, 0) is 73.8 Å². The molecule has 29 heavy (non-hydrogen) atoms. The molecule has 1 aliphatic rings. The standard InChI is InChI=1S/C20H12Br2ClNO3S2/c1-3-6-27-18-14(22)7-11(8-16(18)26-2)9-17-19(25)24(20(28)29-17)12-4-5-13(21)15(23)10-12/h1,4-5,7-10H,6H2,2H3/b17-9-. The average molecular weight is 574 g/mol. The highest BCUT2D eigenvalue weighted by atomic mass is 79.9. The van der Waals surface area contributed by atoms with Crippen molar-refractivity contribution in [3.8, 4) is 23.8 Å². The fraction of sp³-hybridized carbons (Fsp3) is 0.100. The van der Waals surface area contributed by atoms with Gasteiger partial charge in [-0.2, -0.15) is 0 Å². The summed E-state index contributed by atoms with van der Waals surface area (Å²) in [6, 6.07) is 8.82. The lowest BCUT2D eigenvalue weighted by atomic mass is 10.1. The van der Waals surface area contributed by atoms with Crippen LogP contribution in [0.1, 0.15) is 5.56 Å². The van der Waals surface area contributed by atoms with Crippen LogP contribution in [0.25, 0.3) is 6.08 Å². The van der Waals surface area contributed by atoms with Gasteiger partial charge in [-0.1, -0.05) is 41.5 Å². The monoisotopic (exact) mass is 571 g/mol. The molecule has 0 radical (unpaired) electrons. The molecular formula is C20H12Br2ClNO3S2. The molecule has 0 bridgehead atoms. The van der Waals surface area contributed by atoms with Gasteiger partial charge < -0.3 is 9.47 Å². The number of hydrogen-bond acceptors (Lipinski definition) is 5. The highest BCUT2D eigenvalue weighted by molar-refractivity contribution is 9.10. The lowest BCUT2D eigenvalue weighted by Gasteiger charge is -2.15. The number of methoxy groups -OCH3 is 1. The zero-order valence-corrected chi connectivity index (χ0v) is 20.4. The van der Waals surface area contributed by atoms with E-state index in [4.69, 9.17) is 39.7 Å². The van der Waals surface area contributed by atoms with Crippen molar-refractivity contribution in [3.63, 3.8) is 0 Å². The molecule has 148 valence electrons. The number of rotatable bonds is 5. The van der Waals surface area contributed by atoms with E-state index in [9.17, 15) is 4.79 Å². The molecule has 1 amide bonds. The number of carbonyl (C=O) groups excluding carboxylic acids is 1. The molecule has 1 fully saturated rings. The predicted octanol–water partition coefficient (Wildman–Crippen LogP) is 6.29. The number of carbonyl (C=O) groups is 1. The van der Waals surface area contributed by atoms with Crippen LogP contribution in [0.5, 0.6) is 11.5 Å². The number of hydrogen-bond donors (Lipinski definition) is 0. The molecule has 0 spiro atoms. The van der Waals surface area contributed by atoms with Crippen LogP contribution >= 0.6 is 67.4 Å². The Morgan fingerprint density at radius 2 is 2.07 bits per heavy atom. The summed E-state index contributed by atoms with van der Waals surface area (Å²) >= 11 is 19.6. The van der Waals surface area contributed by atoms with E-state index in [1.165, 1.54) is 23.8 Å². The van der Waals surface area contributed by atoms with Crippen molar-refractivity contribution in [1.82, 2.24) is 0 Å². The van der Waals surface area contributed by atoms with Crippen LogP contribution in [-0.2, 0) is 4.79 Å². The van der Waals surface area contributed by atoms with Gasteiger partial charge in [0.2, 0.25) is 0 Å². The summed E-state index contributed by atoms with van der Waals surface area (Å²) in [5.41, 5.74) is 1.36. The molecule has 0 saturated carbocycles. The summed E-state index contributed by atoms with van der Waals surface area (Å²) in [5.74, 6) is 3.19. The SMILES string of the molecule is C#CCOc1c(Br)cc(/C=C2\SC(=S)N(c3ccc(Br)c(Cl)c3)C2=O)cc1OC. The van der Waals surface area contributed by atoms with Crippen molar-refractivity contribution < 1.29 is 14.3 Å². The molecule has 1 saturated heterocycles. The van der Waals surface area contributed by atoms with E-state index in [0.29, 0.717) is 35.9 Å². The fourth-order valence-corrected chi connectivity index (χ4v) is 4.84. The van der Waals surface area contributed by atoms with Crippen LogP contribution < -0.4 is 14.4 Å². The van der Waals surface area contributed by atoms with E-state index in [0.717, 1.165) is 10.0 Å². The van der Waals surface area contributed by atoms with E-state index in [1.54, 1.807) is 30.3 Å². The number of amides is 1. The van der Waals surface area contributed by atoms with Crippen molar-refractivity contribution >= 4 is 89.4 Å². The molecule has 9 heteroatoms. The molecule has 0 atom stereocenters. The smallest absolute Gasteiger partial charge is 0.270 e. The first-order valence-electron chi connectivity index (χ1n) is 8.02. The Labute approximate surface area is 199 Å². The molecule has 4 nitrogen and oxygen atoms in total. The number of benzene rings is 2. The Bertz CT molecular complexity index is 1080. The summed E-state index contributed by atoms with van der Waals surface area (Å²) in [6.07, 6.45) is 7.00. The number of nitrogens with zero attached hydrogens (tertiary/aromatic N) is 1. The number of terminal acetylenes is 1. The molecule has 2 aromatic carbocycles. The number of thiocarbonyl (C=S) groups is 1. The van der Waals surface area contributed by atoms with Crippen molar-refractivity contribution in [2.45, 2.75) is 0 Å². The number of ether oxygens (including phenoxy) is 2. The van der Waals surface area contributed by atoms with Gasteiger partial charge in [-0.25, -0.2) is 0 Å². The Morgan fingerprint density at radius 3 is 2.72 bits per heavy atom. The van der Waals surface area contributed by atoms with Gasteiger partial charge in [-0.3, -0.25) is 9.69 Å². The Balaban J connectivity index is 1.94. The van der Waals surface area contributed by atoms with Gasteiger partial charge in [0, 0.05) is 4.47 Å². The van der Waals surface area contributed by atoms with Gasteiger partial charge in [0.1, 0.15) is 6.61 Å². The Hall–Kier alpha value is -1.50. The summed E-state index contributed by atoms with van der Waals surface area (Å²) in [6.45, 7) is 0.114. The van der Waals surface area contributed by atoms with Crippen LogP contribution in [0.15, 0.2) is 44.2 Å². The normalized spacial score (nSPS) is 15.0. The summed E-state index contributed by atoms with van der Waals surface area (Å²) < 4.78 is 12.7. The maximum absolute atomic E-state index is 13.0. The van der Waals surface area contributed by atoms with E-state index in [2.05, 4.69) is 37.8 Å². The summed E-state index contributed by atoms with van der Waals surface area (Å²) in [7, 11) is 1.53. The van der Waals surface area contributed by atoms with Gasteiger partial charge >= 0.3 is 0 Å². The third-order valence-electron chi connectivity index (χ3n) is 3.80. The van der Waals surface area contributed by atoms with E-state index >= 15 is 0 Å². The van der Waals surface area contributed by atoms with Gasteiger partial charge in [-0.15, -0.1) is 6.42 Å². The molecule has 0 unspecified atom stereocenters. The largest absolute Gasteiger partial charge is 0.493 e. The Kier molecular flexibility index (Phi) is 7.30. The minimum absolute atomic E-state index is 0.114. The fourth-order valence-electron chi connectivity index (χ4n) is 2.54. The van der Waals surface area contributed by atoms with Crippen molar-refractivity contribution in [3.05, 3.63) is 54.8 Å². The second-order valence-electron chi connectivity index (χ2n) is 5.64. The maximum Gasteiger partial charge on any atom is 0.270 e. The molecule has 1 aliphatic heterocycles. The number of halogens is 3. The van der Waals surface area contributed by atoms with Crippen molar-refractivity contribution in [1.29, 1.82) is 0 Å². The Morgan fingerprint density at radius 1 is 1.31 bits per heavy atom. The highest BCUT2D eigenvalue weighted by Crippen LogP contribution is 2.40. The number of thioether (sulfide) groups is 1. The zero-order valence-electron chi connectivity index (χ0n) is 14.9. The first kappa shape index (κ1) is 22.2. The average Bonchev–Trinajstić information content (AvgIpc) is 2.96. The predicted molar refractivity (Wildman–Crippen MR) is 130 cm³/mol. The topological polar surface area (TPSA) is 38.8 Å². The van der Waals surface area contributed by atoms with Gasteiger partial charge in [0.05, 0.1) is 27.2 Å². The number of anilines is 1. The molecule has 0 aromatic heterocycles. The molecular weight excluding hydrogens is 562 g/mol. The molecule has 0 N–H and O–H groups in total. The minimum atomic E-state index is -0.221. The second kappa shape index (κ2) is 9.54. The quantitative estimate of drug-likeness (QED) is 0.239. The van der Waals surface area contributed by atoms with E-state index in [1.807, 2.05) is 6.07 Å². The third-order valence-corrected chi connectivity index (χ3v) is 6.93. The molecule has 2 aromatic rings. The first-order valence-corrected chi connectivity index (χ1v) is 11.2. The zero-order chi connectivity index (χ0) is 21.1. The second-order valence-corrected chi connectivity index (χ2v) is 9.43. The molecule has 3 rings (SSSR count). The van der Waals surface area contributed by atoms with Crippen molar-refractivity contribution in [2.24, 2.45) is 0 Å². The van der Waals surface area contributed by atoms with Crippen LogP contribution in [0, 0.1) is 12.3 Å². The van der Waals surface area contributed by atoms with Crippen LogP contribution in [0.2, 0.25) is 5.02 Å². The van der Waals surface area contributed by atoms with E-state index in [-0.39, 0.29) is 12.5 Å². The van der Waals surface area contributed by atoms with Crippen LogP contribution in [-0.4, -0.2) is 23.9 Å². The van der Waals surface area contributed by atoms with Gasteiger partial charge in [0.15, 0.2) is 15.8 Å². The first-order chi connectivity index (χ1) is 13.8. The lowest BCUT2D eigenvalue weighted by Crippen LogP contribution is -2.27. The maximum atomic E-state index is 13.0. The third kappa shape index (κ3) is 4.81.